The monoisotopic (exact) mass is 420 g/mol. The summed E-state index contributed by atoms with van der Waals surface area (Å²) < 4.78 is 0. The van der Waals surface area contributed by atoms with Crippen LogP contribution >= 0.6 is 0 Å². The summed E-state index contributed by atoms with van der Waals surface area (Å²) in [7, 11) is 0. The molecule has 3 heteroatoms. The van der Waals surface area contributed by atoms with E-state index in [4.69, 9.17) is 0 Å². The van der Waals surface area contributed by atoms with Gasteiger partial charge in [0.1, 0.15) is 0 Å². The number of carbonyl (C=O) groups excluding carboxylic acids is 1. The van der Waals surface area contributed by atoms with Crippen LogP contribution in [-0.4, -0.2) is 5.91 Å². The van der Waals surface area contributed by atoms with Crippen LogP contribution in [-0.2, 0) is 24.3 Å². The van der Waals surface area contributed by atoms with E-state index in [-0.39, 0.29) is 5.91 Å². The molecule has 4 aromatic carbocycles. The second-order valence-electron chi connectivity index (χ2n) is 8.06. The van der Waals surface area contributed by atoms with Crippen molar-refractivity contribution < 1.29 is 4.79 Å². The predicted molar refractivity (Wildman–Crippen MR) is 132 cm³/mol. The maximum Gasteiger partial charge on any atom is 0.224 e. The number of hydrogen-bond acceptors (Lipinski definition) is 2. The van der Waals surface area contributed by atoms with Crippen LogP contribution in [0.3, 0.4) is 0 Å². The topological polar surface area (TPSA) is 41.1 Å². The van der Waals surface area contributed by atoms with E-state index < -0.39 is 0 Å². The molecule has 0 fully saturated rings. The largest absolute Gasteiger partial charge is 0.381 e. The average molecular weight is 421 g/mol. The Morgan fingerprint density at radius 3 is 2.06 bits per heavy atom. The number of aryl methyl sites for hydroxylation is 1. The SMILES string of the molecule is Cc1cccc(CNc2ccc(CC(=O)NCc3ccc(-c4ccccc4)cc3)cc2)c1. The fraction of sp³-hybridized carbons (Fsp3) is 0.138. The highest BCUT2D eigenvalue weighted by atomic mass is 16.1. The lowest BCUT2D eigenvalue weighted by molar-refractivity contribution is -0.120. The van der Waals surface area contributed by atoms with Gasteiger partial charge >= 0.3 is 0 Å². The Kier molecular flexibility index (Phi) is 6.98. The van der Waals surface area contributed by atoms with Crippen molar-refractivity contribution in [3.05, 3.63) is 125 Å². The Morgan fingerprint density at radius 1 is 0.656 bits per heavy atom. The van der Waals surface area contributed by atoms with E-state index in [9.17, 15) is 4.79 Å². The van der Waals surface area contributed by atoms with Gasteiger partial charge < -0.3 is 10.6 Å². The second-order valence-corrected chi connectivity index (χ2v) is 8.06. The number of carbonyl (C=O) groups is 1. The van der Waals surface area contributed by atoms with Gasteiger partial charge in [0.2, 0.25) is 5.91 Å². The van der Waals surface area contributed by atoms with Gasteiger partial charge in [-0.05, 0) is 46.9 Å². The maximum atomic E-state index is 12.4. The first-order valence-corrected chi connectivity index (χ1v) is 11.0. The van der Waals surface area contributed by atoms with Crippen molar-refractivity contribution in [3.8, 4) is 11.1 Å². The van der Waals surface area contributed by atoms with Crippen molar-refractivity contribution in [2.75, 3.05) is 5.32 Å². The lowest BCUT2D eigenvalue weighted by atomic mass is 10.0. The van der Waals surface area contributed by atoms with Gasteiger partial charge in [0.15, 0.2) is 0 Å². The summed E-state index contributed by atoms with van der Waals surface area (Å²) in [6.07, 6.45) is 0.375. The number of rotatable bonds is 8. The van der Waals surface area contributed by atoms with Crippen molar-refractivity contribution in [2.45, 2.75) is 26.4 Å². The zero-order valence-corrected chi connectivity index (χ0v) is 18.3. The normalized spacial score (nSPS) is 10.5. The molecular formula is C29H28N2O. The minimum absolute atomic E-state index is 0.0256. The van der Waals surface area contributed by atoms with Gasteiger partial charge in [-0.2, -0.15) is 0 Å². The number of benzene rings is 4. The molecule has 4 aromatic rings. The molecule has 0 spiro atoms. The fourth-order valence-corrected chi connectivity index (χ4v) is 3.66. The minimum Gasteiger partial charge on any atom is -0.381 e. The van der Waals surface area contributed by atoms with Crippen molar-refractivity contribution in [1.29, 1.82) is 0 Å². The van der Waals surface area contributed by atoms with Crippen LogP contribution in [0, 0.1) is 6.92 Å². The third-order valence-corrected chi connectivity index (χ3v) is 5.45. The molecule has 0 bridgehead atoms. The molecule has 0 saturated carbocycles. The van der Waals surface area contributed by atoms with Gasteiger partial charge in [0.25, 0.3) is 0 Å². The maximum absolute atomic E-state index is 12.4. The molecule has 2 N–H and O–H groups in total. The molecule has 0 aromatic heterocycles. The van der Waals surface area contributed by atoms with Crippen molar-refractivity contribution in [2.24, 2.45) is 0 Å². The fourth-order valence-electron chi connectivity index (χ4n) is 3.66. The summed E-state index contributed by atoms with van der Waals surface area (Å²) in [5.41, 5.74) is 8.03. The first-order chi connectivity index (χ1) is 15.7. The molecule has 0 aliphatic heterocycles. The molecule has 3 nitrogen and oxygen atoms in total. The van der Waals surface area contributed by atoms with Crippen LogP contribution in [0.15, 0.2) is 103 Å². The van der Waals surface area contributed by atoms with Crippen LogP contribution in [0.25, 0.3) is 11.1 Å². The van der Waals surface area contributed by atoms with Crippen LogP contribution in [0.2, 0.25) is 0 Å². The quantitative estimate of drug-likeness (QED) is 0.360. The predicted octanol–water partition coefficient (Wildman–Crippen LogP) is 6.13. The molecule has 1 amide bonds. The summed E-state index contributed by atoms with van der Waals surface area (Å²) in [5.74, 6) is 0.0256. The van der Waals surface area contributed by atoms with Gasteiger partial charge in [0.05, 0.1) is 6.42 Å². The van der Waals surface area contributed by atoms with Gasteiger partial charge in [-0.3, -0.25) is 4.79 Å². The molecule has 160 valence electrons. The number of nitrogens with one attached hydrogen (secondary N) is 2. The van der Waals surface area contributed by atoms with Crippen LogP contribution < -0.4 is 10.6 Å². The summed E-state index contributed by atoms with van der Waals surface area (Å²) >= 11 is 0. The van der Waals surface area contributed by atoms with E-state index in [0.717, 1.165) is 23.4 Å². The van der Waals surface area contributed by atoms with Crippen molar-refractivity contribution in [3.63, 3.8) is 0 Å². The van der Waals surface area contributed by atoms with Gasteiger partial charge in [0, 0.05) is 18.8 Å². The average Bonchev–Trinajstić information content (AvgIpc) is 2.83. The van der Waals surface area contributed by atoms with Crippen LogP contribution in [0.1, 0.15) is 22.3 Å². The van der Waals surface area contributed by atoms with E-state index in [1.165, 1.54) is 22.3 Å². The molecule has 0 radical (unpaired) electrons. The number of anilines is 1. The zero-order valence-electron chi connectivity index (χ0n) is 18.3. The van der Waals surface area contributed by atoms with E-state index >= 15 is 0 Å². The first-order valence-electron chi connectivity index (χ1n) is 11.0. The molecule has 0 saturated heterocycles. The van der Waals surface area contributed by atoms with Crippen LogP contribution in [0.4, 0.5) is 5.69 Å². The molecule has 0 aliphatic rings. The Hall–Kier alpha value is -3.85. The summed E-state index contributed by atoms with van der Waals surface area (Å²) in [5, 5.41) is 6.45. The summed E-state index contributed by atoms with van der Waals surface area (Å²) in [6, 6.07) is 35.2. The van der Waals surface area contributed by atoms with Gasteiger partial charge in [-0.25, -0.2) is 0 Å². The highest BCUT2D eigenvalue weighted by Gasteiger charge is 2.05. The van der Waals surface area contributed by atoms with E-state index in [1.807, 2.05) is 42.5 Å². The standard InChI is InChI=1S/C29H28N2O/c1-22-6-5-7-25(18-22)21-30-28-16-12-23(13-17-28)19-29(32)31-20-24-10-14-27(15-11-24)26-8-3-2-4-9-26/h2-18,30H,19-21H2,1H3,(H,31,32). The number of hydrogen-bond donors (Lipinski definition) is 2. The smallest absolute Gasteiger partial charge is 0.224 e. The first kappa shape index (κ1) is 21.4. The zero-order chi connectivity index (χ0) is 22.2. The Morgan fingerprint density at radius 2 is 1.34 bits per heavy atom. The van der Waals surface area contributed by atoms with Gasteiger partial charge in [-0.15, -0.1) is 0 Å². The molecule has 32 heavy (non-hydrogen) atoms. The molecule has 0 heterocycles. The minimum atomic E-state index is 0.0256. The highest BCUT2D eigenvalue weighted by Crippen LogP contribution is 2.19. The second kappa shape index (κ2) is 10.5. The molecule has 0 aliphatic carbocycles. The Balaban J connectivity index is 1.24. The van der Waals surface area contributed by atoms with Crippen LogP contribution in [0.5, 0.6) is 0 Å². The molecule has 0 unspecified atom stereocenters. The Bertz CT molecular complexity index is 1150. The highest BCUT2D eigenvalue weighted by molar-refractivity contribution is 5.78. The Labute approximate surface area is 190 Å². The van der Waals surface area contributed by atoms with E-state index in [1.54, 1.807) is 0 Å². The lowest BCUT2D eigenvalue weighted by Gasteiger charge is -2.09. The molecule has 0 atom stereocenters. The van der Waals surface area contributed by atoms with E-state index in [0.29, 0.717) is 13.0 Å². The lowest BCUT2D eigenvalue weighted by Crippen LogP contribution is -2.24. The summed E-state index contributed by atoms with van der Waals surface area (Å²) in [6.45, 7) is 3.41. The molecular weight excluding hydrogens is 392 g/mol. The van der Waals surface area contributed by atoms with Gasteiger partial charge in [-0.1, -0.05) is 96.6 Å². The third kappa shape index (κ3) is 6.08. The third-order valence-electron chi connectivity index (χ3n) is 5.45. The van der Waals surface area contributed by atoms with Crippen molar-refractivity contribution >= 4 is 11.6 Å². The van der Waals surface area contributed by atoms with Crippen molar-refractivity contribution in [1.82, 2.24) is 5.32 Å². The summed E-state index contributed by atoms with van der Waals surface area (Å²) in [4.78, 5) is 12.4. The molecule has 4 rings (SSSR count). The van der Waals surface area contributed by atoms with E-state index in [2.05, 4.69) is 78.2 Å². The number of amides is 1.